The topological polar surface area (TPSA) is 97.9 Å². The summed E-state index contributed by atoms with van der Waals surface area (Å²) in [7, 11) is 0. The van der Waals surface area contributed by atoms with Gasteiger partial charge in [0.2, 0.25) is 0 Å². The van der Waals surface area contributed by atoms with Gasteiger partial charge >= 0.3 is 18.3 Å². The van der Waals surface area contributed by atoms with E-state index in [2.05, 4.69) is 29.8 Å². The van der Waals surface area contributed by atoms with E-state index in [4.69, 9.17) is 14.2 Å². The van der Waals surface area contributed by atoms with Crippen molar-refractivity contribution in [3.63, 3.8) is 0 Å². The van der Waals surface area contributed by atoms with Crippen molar-refractivity contribution in [2.45, 2.75) is 50.3 Å². The van der Waals surface area contributed by atoms with Gasteiger partial charge in [-0.25, -0.2) is 9.59 Å². The largest absolute Gasteiger partial charge is 0.441 e. The second kappa shape index (κ2) is 10.1. The third-order valence-corrected chi connectivity index (χ3v) is 5.85. The molecule has 3 N–H and O–H groups in total. The molecule has 2 aliphatic rings. The number of halogens is 3. The quantitative estimate of drug-likeness (QED) is 0.559. The van der Waals surface area contributed by atoms with Crippen LogP contribution in [0.25, 0.3) is 0 Å². The summed E-state index contributed by atoms with van der Waals surface area (Å²) in [6.45, 7) is 4.34. The molecule has 2 fully saturated rings. The number of alkyl halides is 3. The van der Waals surface area contributed by atoms with Crippen LogP contribution in [0, 0.1) is 0 Å². The van der Waals surface area contributed by atoms with E-state index in [1.54, 1.807) is 12.1 Å². The van der Waals surface area contributed by atoms with Crippen molar-refractivity contribution in [1.29, 1.82) is 0 Å². The Balaban J connectivity index is 1.27. The molecule has 2 aromatic rings. The Kier molecular flexibility index (Phi) is 7.18. The van der Waals surface area contributed by atoms with Crippen molar-refractivity contribution in [3.8, 4) is 0 Å². The Morgan fingerprint density at radius 1 is 0.971 bits per heavy atom. The standard InChI is InChI=1S/C24H26F3N3O5/c1-13(2)14-6-8-16(9-7-14)29-23(32)35-19-12-34-20-18(11-33-21(19)20)30-22(31)28-17-5-3-4-15(10-17)24(25,26)27/h3-10,13,18-21H,11-12H2,1-2H3,(H,29,32)(H2,28,30,31). The normalized spacial score (nSPS) is 23.6. The summed E-state index contributed by atoms with van der Waals surface area (Å²) < 4.78 is 55.5. The van der Waals surface area contributed by atoms with Gasteiger partial charge in [0, 0.05) is 11.4 Å². The Bertz CT molecular complexity index is 1060. The van der Waals surface area contributed by atoms with Crippen LogP contribution in [0.3, 0.4) is 0 Å². The first kappa shape index (κ1) is 24.8. The fourth-order valence-corrected chi connectivity index (χ4v) is 4.03. The maximum absolute atomic E-state index is 12.9. The molecule has 0 aromatic heterocycles. The molecule has 2 aromatic carbocycles. The first-order valence-corrected chi connectivity index (χ1v) is 11.2. The molecule has 0 aliphatic carbocycles. The first-order chi connectivity index (χ1) is 16.6. The highest BCUT2D eigenvalue weighted by Gasteiger charge is 2.50. The maximum Gasteiger partial charge on any atom is 0.416 e. The fourth-order valence-electron chi connectivity index (χ4n) is 4.03. The van der Waals surface area contributed by atoms with Gasteiger partial charge in [0.15, 0.2) is 6.10 Å². The highest BCUT2D eigenvalue weighted by molar-refractivity contribution is 5.89. The van der Waals surface area contributed by atoms with Crippen molar-refractivity contribution >= 4 is 23.5 Å². The lowest BCUT2D eigenvalue weighted by Crippen LogP contribution is -2.46. The van der Waals surface area contributed by atoms with E-state index in [0.717, 1.165) is 17.7 Å². The van der Waals surface area contributed by atoms with Gasteiger partial charge in [0.25, 0.3) is 0 Å². The molecule has 2 heterocycles. The van der Waals surface area contributed by atoms with Gasteiger partial charge in [-0.15, -0.1) is 0 Å². The summed E-state index contributed by atoms with van der Waals surface area (Å²) >= 11 is 0. The summed E-state index contributed by atoms with van der Waals surface area (Å²) in [5.74, 6) is 0.372. The van der Waals surface area contributed by atoms with Gasteiger partial charge in [-0.05, 0) is 41.8 Å². The molecule has 0 bridgehead atoms. The molecular weight excluding hydrogens is 467 g/mol. The molecule has 8 nitrogen and oxygen atoms in total. The average molecular weight is 493 g/mol. The molecule has 4 rings (SSSR count). The number of ether oxygens (including phenoxy) is 3. The van der Waals surface area contributed by atoms with Crippen LogP contribution < -0.4 is 16.0 Å². The van der Waals surface area contributed by atoms with Crippen molar-refractivity contribution in [2.24, 2.45) is 0 Å². The molecule has 4 unspecified atom stereocenters. The number of amides is 3. The second-order valence-corrected chi connectivity index (χ2v) is 8.72. The van der Waals surface area contributed by atoms with E-state index < -0.39 is 48.2 Å². The molecular formula is C24H26F3N3O5. The SMILES string of the molecule is CC(C)c1ccc(NC(=O)OC2COC3C(NC(=O)Nc4cccc(C(F)(F)F)c4)COC23)cc1. The van der Waals surface area contributed by atoms with Crippen molar-refractivity contribution < 1.29 is 37.0 Å². The van der Waals surface area contributed by atoms with E-state index >= 15 is 0 Å². The monoisotopic (exact) mass is 493 g/mol. The molecule has 0 saturated carbocycles. The Morgan fingerprint density at radius 3 is 2.37 bits per heavy atom. The van der Waals surface area contributed by atoms with Gasteiger partial charge in [-0.2, -0.15) is 13.2 Å². The number of urea groups is 1. The fraction of sp³-hybridized carbons (Fsp3) is 0.417. The molecule has 2 aliphatic heterocycles. The molecule has 0 radical (unpaired) electrons. The van der Waals surface area contributed by atoms with E-state index in [1.165, 1.54) is 12.1 Å². The van der Waals surface area contributed by atoms with Crippen LogP contribution in [0.1, 0.15) is 30.9 Å². The number of nitrogens with one attached hydrogen (secondary N) is 3. The number of carbonyl (C=O) groups excluding carboxylic acids is 2. The van der Waals surface area contributed by atoms with Gasteiger partial charge in [-0.1, -0.05) is 32.0 Å². The molecule has 4 atom stereocenters. The minimum absolute atomic E-state index is 0.000520. The predicted molar refractivity (Wildman–Crippen MR) is 121 cm³/mol. The number of anilines is 2. The van der Waals surface area contributed by atoms with Gasteiger partial charge in [-0.3, -0.25) is 5.32 Å². The number of fused-ring (bicyclic) bond motifs is 1. The second-order valence-electron chi connectivity index (χ2n) is 8.72. The van der Waals surface area contributed by atoms with Crippen molar-refractivity contribution in [2.75, 3.05) is 23.8 Å². The van der Waals surface area contributed by atoms with Crippen LogP contribution in [0.2, 0.25) is 0 Å². The van der Waals surface area contributed by atoms with Crippen LogP contribution in [-0.4, -0.2) is 49.7 Å². The third kappa shape index (κ3) is 6.04. The molecule has 2 saturated heterocycles. The summed E-state index contributed by atoms with van der Waals surface area (Å²) in [4.78, 5) is 24.7. The molecule has 188 valence electrons. The molecule has 35 heavy (non-hydrogen) atoms. The van der Waals surface area contributed by atoms with Crippen molar-refractivity contribution in [3.05, 3.63) is 59.7 Å². The lowest BCUT2D eigenvalue weighted by molar-refractivity contribution is -0.137. The highest BCUT2D eigenvalue weighted by Crippen LogP contribution is 2.31. The van der Waals surface area contributed by atoms with Crippen LogP contribution >= 0.6 is 0 Å². The molecule has 11 heteroatoms. The average Bonchev–Trinajstić information content (AvgIpc) is 3.37. The zero-order valence-corrected chi connectivity index (χ0v) is 19.1. The minimum Gasteiger partial charge on any atom is -0.441 e. The number of rotatable bonds is 5. The maximum atomic E-state index is 12.9. The van der Waals surface area contributed by atoms with E-state index in [-0.39, 0.29) is 18.9 Å². The zero-order chi connectivity index (χ0) is 25.2. The molecule has 3 amide bonds. The first-order valence-electron chi connectivity index (χ1n) is 11.2. The summed E-state index contributed by atoms with van der Waals surface area (Å²) in [5.41, 5.74) is 0.867. The number of benzene rings is 2. The van der Waals surface area contributed by atoms with Gasteiger partial charge in [0.05, 0.1) is 24.8 Å². The highest BCUT2D eigenvalue weighted by atomic mass is 19.4. The number of carbonyl (C=O) groups is 2. The van der Waals surface area contributed by atoms with Crippen molar-refractivity contribution in [1.82, 2.24) is 5.32 Å². The van der Waals surface area contributed by atoms with Crippen LogP contribution in [0.5, 0.6) is 0 Å². The van der Waals surface area contributed by atoms with E-state index in [0.29, 0.717) is 11.6 Å². The Labute approximate surface area is 200 Å². The summed E-state index contributed by atoms with van der Waals surface area (Å²) in [5, 5.41) is 7.70. The lowest BCUT2D eigenvalue weighted by Gasteiger charge is -2.18. The lowest BCUT2D eigenvalue weighted by atomic mass is 10.0. The van der Waals surface area contributed by atoms with Gasteiger partial charge in [0.1, 0.15) is 12.2 Å². The van der Waals surface area contributed by atoms with E-state index in [1.807, 2.05) is 12.1 Å². The van der Waals surface area contributed by atoms with Gasteiger partial charge < -0.3 is 24.8 Å². The Morgan fingerprint density at radius 2 is 1.69 bits per heavy atom. The summed E-state index contributed by atoms with van der Waals surface area (Å²) in [6.07, 6.45) is -6.99. The summed E-state index contributed by atoms with van der Waals surface area (Å²) in [6, 6.07) is 10.5. The smallest absolute Gasteiger partial charge is 0.416 e. The number of hydrogen-bond donors (Lipinski definition) is 3. The minimum atomic E-state index is -4.52. The van der Waals surface area contributed by atoms with E-state index in [9.17, 15) is 22.8 Å². The predicted octanol–water partition coefficient (Wildman–Crippen LogP) is 4.73. The number of hydrogen-bond acceptors (Lipinski definition) is 5. The van der Waals surface area contributed by atoms with Crippen LogP contribution in [0.4, 0.5) is 34.1 Å². The van der Waals surface area contributed by atoms with Crippen LogP contribution in [-0.2, 0) is 20.4 Å². The zero-order valence-electron chi connectivity index (χ0n) is 19.1. The third-order valence-electron chi connectivity index (χ3n) is 5.85. The molecule has 0 spiro atoms. The van der Waals surface area contributed by atoms with Crippen LogP contribution in [0.15, 0.2) is 48.5 Å². The Hall–Kier alpha value is -3.31.